The molecule has 0 aliphatic carbocycles. The van der Waals surface area contributed by atoms with Gasteiger partial charge in [-0.3, -0.25) is 9.48 Å². The van der Waals surface area contributed by atoms with Crippen LogP contribution in [0.4, 0.5) is 10.9 Å². The number of anilines is 2. The van der Waals surface area contributed by atoms with Crippen LogP contribution in [-0.2, 0) is 11.8 Å². The van der Waals surface area contributed by atoms with Gasteiger partial charge in [0.15, 0.2) is 5.13 Å². The fraction of sp³-hybridized carbons (Fsp3) is 0.435. The molecule has 3 aromatic rings. The molecule has 1 aliphatic heterocycles. The first-order valence-electron chi connectivity index (χ1n) is 10.7. The van der Waals surface area contributed by atoms with Crippen LogP contribution in [0.25, 0.3) is 6.08 Å². The predicted molar refractivity (Wildman–Crippen MR) is 127 cm³/mol. The summed E-state index contributed by atoms with van der Waals surface area (Å²) in [4.78, 5) is 29.6. The highest BCUT2D eigenvalue weighted by Gasteiger charge is 2.28. The molecule has 9 heteroatoms. The van der Waals surface area contributed by atoms with Crippen LogP contribution in [0.2, 0.25) is 0 Å². The molecule has 32 heavy (non-hydrogen) atoms. The molecule has 0 bridgehead atoms. The van der Waals surface area contributed by atoms with E-state index in [1.165, 1.54) is 4.88 Å². The second-order valence-electron chi connectivity index (χ2n) is 8.32. The highest BCUT2D eigenvalue weighted by Crippen LogP contribution is 2.29. The van der Waals surface area contributed by atoms with Gasteiger partial charge >= 0.3 is 0 Å². The summed E-state index contributed by atoms with van der Waals surface area (Å²) in [6.45, 7) is 11.3. The van der Waals surface area contributed by atoms with Crippen molar-refractivity contribution in [2.24, 2.45) is 7.05 Å². The third-order valence-electron chi connectivity index (χ3n) is 6.00. The van der Waals surface area contributed by atoms with Crippen molar-refractivity contribution in [1.29, 1.82) is 0 Å². The number of carbonyl (C=O) groups is 1. The van der Waals surface area contributed by atoms with Crippen molar-refractivity contribution in [2.75, 3.05) is 18.4 Å². The van der Waals surface area contributed by atoms with Gasteiger partial charge in [-0.05, 0) is 47.1 Å². The molecule has 1 fully saturated rings. The Morgan fingerprint density at radius 2 is 1.94 bits per heavy atom. The lowest BCUT2D eigenvalue weighted by Crippen LogP contribution is -2.26. The van der Waals surface area contributed by atoms with Gasteiger partial charge in [0.25, 0.3) is 0 Å². The molecule has 0 radical (unpaired) electrons. The number of nitrogens with zero attached hydrogens (tertiary/aromatic N) is 6. The molecule has 3 aromatic heterocycles. The van der Waals surface area contributed by atoms with E-state index < -0.39 is 0 Å². The Hall–Kier alpha value is -3.07. The first-order chi connectivity index (χ1) is 15.2. The minimum Gasteiger partial charge on any atom is -0.338 e. The van der Waals surface area contributed by atoms with Gasteiger partial charge in [0, 0.05) is 54.3 Å². The highest BCUT2D eigenvalue weighted by molar-refractivity contribution is 7.15. The van der Waals surface area contributed by atoms with Gasteiger partial charge in [-0.25, -0.2) is 15.0 Å². The third-order valence-corrected chi connectivity index (χ3v) is 6.99. The van der Waals surface area contributed by atoms with Crippen molar-refractivity contribution in [3.05, 3.63) is 51.2 Å². The zero-order valence-electron chi connectivity index (χ0n) is 19.4. The van der Waals surface area contributed by atoms with Crippen LogP contribution in [-0.4, -0.2) is 48.6 Å². The van der Waals surface area contributed by atoms with E-state index in [-0.39, 0.29) is 11.8 Å². The summed E-state index contributed by atoms with van der Waals surface area (Å²) in [5.74, 6) is 1.67. The second-order valence-corrected chi connectivity index (χ2v) is 9.53. The maximum atomic E-state index is 12.8. The van der Waals surface area contributed by atoms with Crippen molar-refractivity contribution < 1.29 is 4.79 Å². The molecule has 1 atom stereocenters. The summed E-state index contributed by atoms with van der Waals surface area (Å²) < 4.78 is 1.84. The Balaban J connectivity index is 1.45. The molecular formula is C23H29N7OS. The molecule has 0 spiro atoms. The monoisotopic (exact) mass is 451 g/mol. The van der Waals surface area contributed by atoms with Crippen molar-refractivity contribution in [3.8, 4) is 0 Å². The SMILES string of the molecule is Cc1nc(Nc2nc(C)c(C)s2)cc(C2CCN(C(=O)/C=C/c3c(C)nn(C)c3C)C2)n1. The fourth-order valence-corrected chi connectivity index (χ4v) is 4.81. The number of thiazole rings is 1. The van der Waals surface area contributed by atoms with E-state index in [0.717, 1.165) is 52.3 Å². The Morgan fingerprint density at radius 3 is 2.59 bits per heavy atom. The van der Waals surface area contributed by atoms with Crippen LogP contribution >= 0.6 is 11.3 Å². The van der Waals surface area contributed by atoms with E-state index in [0.29, 0.717) is 12.4 Å². The Morgan fingerprint density at radius 1 is 1.16 bits per heavy atom. The predicted octanol–water partition coefficient (Wildman–Crippen LogP) is 3.98. The summed E-state index contributed by atoms with van der Waals surface area (Å²) >= 11 is 1.62. The lowest BCUT2D eigenvalue weighted by molar-refractivity contribution is -0.124. The fourth-order valence-electron chi connectivity index (χ4n) is 3.99. The van der Waals surface area contributed by atoms with Gasteiger partial charge in [0.1, 0.15) is 11.6 Å². The maximum absolute atomic E-state index is 12.8. The lowest BCUT2D eigenvalue weighted by Gasteiger charge is -2.15. The number of likely N-dealkylation sites (tertiary alicyclic amines) is 1. The van der Waals surface area contributed by atoms with Crippen molar-refractivity contribution >= 4 is 34.3 Å². The van der Waals surface area contributed by atoms with Crippen LogP contribution in [0.5, 0.6) is 0 Å². The topological polar surface area (TPSA) is 88.8 Å². The summed E-state index contributed by atoms with van der Waals surface area (Å²) in [7, 11) is 1.91. The highest BCUT2D eigenvalue weighted by atomic mass is 32.1. The summed E-state index contributed by atoms with van der Waals surface area (Å²) in [6.07, 6.45) is 4.42. The van der Waals surface area contributed by atoms with Crippen LogP contribution in [0.15, 0.2) is 12.1 Å². The molecule has 168 valence electrons. The lowest BCUT2D eigenvalue weighted by atomic mass is 10.0. The van der Waals surface area contributed by atoms with E-state index in [4.69, 9.17) is 0 Å². The normalized spacial score (nSPS) is 16.3. The number of hydrogen-bond acceptors (Lipinski definition) is 7. The van der Waals surface area contributed by atoms with Crippen LogP contribution in [0.1, 0.15) is 51.4 Å². The molecule has 1 aliphatic rings. The zero-order valence-corrected chi connectivity index (χ0v) is 20.2. The van der Waals surface area contributed by atoms with E-state index >= 15 is 0 Å². The Labute approximate surface area is 192 Å². The maximum Gasteiger partial charge on any atom is 0.246 e. The van der Waals surface area contributed by atoms with E-state index in [9.17, 15) is 4.79 Å². The molecule has 0 aromatic carbocycles. The largest absolute Gasteiger partial charge is 0.338 e. The molecule has 4 heterocycles. The van der Waals surface area contributed by atoms with Crippen molar-refractivity contribution in [1.82, 2.24) is 29.6 Å². The summed E-state index contributed by atoms with van der Waals surface area (Å²) in [5, 5.41) is 8.55. The second kappa shape index (κ2) is 8.82. The molecule has 1 amide bonds. The molecule has 4 rings (SSSR count). The third kappa shape index (κ3) is 4.57. The molecule has 1 saturated heterocycles. The zero-order chi connectivity index (χ0) is 23.0. The number of rotatable bonds is 5. The number of aromatic nitrogens is 5. The Bertz CT molecular complexity index is 1170. The number of carbonyl (C=O) groups excluding carboxylic acids is 1. The molecule has 1 unspecified atom stereocenters. The molecular weight excluding hydrogens is 422 g/mol. The quantitative estimate of drug-likeness (QED) is 0.590. The first-order valence-corrected chi connectivity index (χ1v) is 11.6. The number of aryl methyl sites for hydroxylation is 5. The minimum absolute atomic E-state index is 0.0213. The van der Waals surface area contributed by atoms with Gasteiger partial charge in [-0.2, -0.15) is 5.10 Å². The average Bonchev–Trinajstić information content (AvgIpc) is 3.40. The number of amides is 1. The van der Waals surface area contributed by atoms with E-state index in [2.05, 4.69) is 32.3 Å². The Kier molecular flexibility index (Phi) is 6.10. The number of hydrogen-bond donors (Lipinski definition) is 1. The van der Waals surface area contributed by atoms with Crippen LogP contribution in [0.3, 0.4) is 0 Å². The summed E-state index contributed by atoms with van der Waals surface area (Å²) in [6, 6.07) is 1.98. The van der Waals surface area contributed by atoms with Crippen molar-refractivity contribution in [2.45, 2.75) is 47.0 Å². The van der Waals surface area contributed by atoms with Crippen molar-refractivity contribution in [3.63, 3.8) is 0 Å². The summed E-state index contributed by atoms with van der Waals surface area (Å²) in [5.41, 5.74) is 4.97. The number of nitrogens with one attached hydrogen (secondary N) is 1. The minimum atomic E-state index is 0.0213. The first kappa shape index (κ1) is 22.1. The van der Waals surface area contributed by atoms with Gasteiger partial charge in [-0.1, -0.05) is 0 Å². The molecule has 1 N–H and O–H groups in total. The average molecular weight is 452 g/mol. The van der Waals surface area contributed by atoms with Gasteiger partial charge in [-0.15, -0.1) is 11.3 Å². The van der Waals surface area contributed by atoms with Crippen LogP contribution in [0, 0.1) is 34.6 Å². The standard InChI is InChI=1S/C23H29N7OS/c1-13-16(4)32-23(24-13)27-21-11-20(25-17(5)26-21)18-9-10-30(12-18)22(31)8-7-19-14(2)28-29(6)15(19)3/h7-8,11,18H,9-10,12H2,1-6H3,(H,24,25,26,27)/b8-7+. The van der Waals surface area contributed by atoms with Gasteiger partial charge in [0.05, 0.1) is 17.1 Å². The van der Waals surface area contributed by atoms with Gasteiger partial charge < -0.3 is 10.2 Å². The van der Waals surface area contributed by atoms with E-state index in [1.807, 2.05) is 56.5 Å². The van der Waals surface area contributed by atoms with Crippen LogP contribution < -0.4 is 5.32 Å². The molecule has 8 nitrogen and oxygen atoms in total. The van der Waals surface area contributed by atoms with E-state index in [1.54, 1.807) is 17.4 Å². The van der Waals surface area contributed by atoms with Gasteiger partial charge in [0.2, 0.25) is 5.91 Å². The smallest absolute Gasteiger partial charge is 0.246 e. The molecule has 0 saturated carbocycles.